The van der Waals surface area contributed by atoms with E-state index in [-0.39, 0.29) is 11.8 Å². The monoisotopic (exact) mass is 317 g/mol. The number of aromatic nitrogens is 2. The van der Waals surface area contributed by atoms with E-state index >= 15 is 0 Å². The standard InChI is InChI=1S/C14H15N5O2S/c1-8-9(7-15)13(22-11(8)14(21)18(2)3)17-12(20)10-5-6-16-19(10)4/h5-6H,1-4H3,(H,17,20). The van der Waals surface area contributed by atoms with Gasteiger partial charge in [0.25, 0.3) is 11.8 Å². The molecule has 22 heavy (non-hydrogen) atoms. The molecular formula is C14H15N5O2S. The number of thiophene rings is 1. The first-order valence-corrected chi connectivity index (χ1v) is 7.23. The van der Waals surface area contributed by atoms with Crippen LogP contribution in [-0.4, -0.2) is 40.6 Å². The van der Waals surface area contributed by atoms with Crippen molar-refractivity contribution in [1.29, 1.82) is 5.26 Å². The van der Waals surface area contributed by atoms with Crippen LogP contribution >= 0.6 is 11.3 Å². The Morgan fingerprint density at radius 3 is 2.64 bits per heavy atom. The summed E-state index contributed by atoms with van der Waals surface area (Å²) >= 11 is 1.10. The maximum atomic E-state index is 12.2. The first kappa shape index (κ1) is 15.7. The maximum absolute atomic E-state index is 12.2. The number of carbonyl (C=O) groups excluding carboxylic acids is 2. The highest BCUT2D eigenvalue weighted by Crippen LogP contribution is 2.33. The van der Waals surface area contributed by atoms with Crippen LogP contribution in [0.2, 0.25) is 0 Å². The molecule has 0 aliphatic carbocycles. The summed E-state index contributed by atoms with van der Waals surface area (Å²) < 4.78 is 1.44. The molecule has 7 nitrogen and oxygen atoms in total. The first-order chi connectivity index (χ1) is 10.4. The number of nitriles is 1. The molecule has 2 heterocycles. The normalized spacial score (nSPS) is 10.1. The lowest BCUT2D eigenvalue weighted by Crippen LogP contribution is -2.21. The third kappa shape index (κ3) is 2.71. The van der Waals surface area contributed by atoms with Crippen LogP contribution in [0, 0.1) is 18.3 Å². The molecule has 0 aliphatic rings. The lowest BCUT2D eigenvalue weighted by molar-refractivity contribution is 0.0831. The van der Waals surface area contributed by atoms with Crippen LogP contribution in [0.5, 0.6) is 0 Å². The van der Waals surface area contributed by atoms with E-state index in [2.05, 4.69) is 10.4 Å². The van der Waals surface area contributed by atoms with Crippen molar-refractivity contribution in [3.05, 3.63) is 34.0 Å². The molecule has 0 unspecified atom stereocenters. The predicted molar refractivity (Wildman–Crippen MR) is 82.9 cm³/mol. The Kier molecular flexibility index (Phi) is 4.28. The summed E-state index contributed by atoms with van der Waals surface area (Å²) in [5, 5.41) is 16.3. The molecule has 0 saturated heterocycles. The summed E-state index contributed by atoms with van der Waals surface area (Å²) in [5.74, 6) is -0.568. The van der Waals surface area contributed by atoms with E-state index in [1.54, 1.807) is 34.1 Å². The number of carbonyl (C=O) groups is 2. The molecule has 1 N–H and O–H groups in total. The number of hydrogen-bond acceptors (Lipinski definition) is 5. The van der Waals surface area contributed by atoms with Gasteiger partial charge in [-0.2, -0.15) is 10.4 Å². The van der Waals surface area contributed by atoms with Crippen LogP contribution in [0.4, 0.5) is 5.00 Å². The largest absolute Gasteiger partial charge is 0.344 e. The zero-order valence-electron chi connectivity index (χ0n) is 12.7. The minimum absolute atomic E-state index is 0.194. The zero-order chi connectivity index (χ0) is 16.4. The molecule has 2 amide bonds. The van der Waals surface area contributed by atoms with Crippen molar-refractivity contribution in [1.82, 2.24) is 14.7 Å². The number of aryl methyl sites for hydroxylation is 1. The van der Waals surface area contributed by atoms with E-state index in [0.29, 0.717) is 26.7 Å². The molecule has 114 valence electrons. The van der Waals surface area contributed by atoms with E-state index in [1.165, 1.54) is 15.8 Å². The third-order valence-electron chi connectivity index (χ3n) is 3.14. The summed E-state index contributed by atoms with van der Waals surface area (Å²) in [4.78, 5) is 26.2. The van der Waals surface area contributed by atoms with Gasteiger partial charge in [0.2, 0.25) is 0 Å². The molecule has 0 spiro atoms. The van der Waals surface area contributed by atoms with Gasteiger partial charge in [0.15, 0.2) is 0 Å². The number of anilines is 1. The second-order valence-electron chi connectivity index (χ2n) is 4.87. The smallest absolute Gasteiger partial charge is 0.274 e. The average Bonchev–Trinajstić information content (AvgIpc) is 3.01. The van der Waals surface area contributed by atoms with Gasteiger partial charge < -0.3 is 10.2 Å². The Balaban J connectivity index is 2.38. The van der Waals surface area contributed by atoms with Gasteiger partial charge in [0, 0.05) is 27.3 Å². The summed E-state index contributed by atoms with van der Waals surface area (Å²) in [6.07, 6.45) is 1.51. The summed E-state index contributed by atoms with van der Waals surface area (Å²) in [7, 11) is 4.93. The fourth-order valence-electron chi connectivity index (χ4n) is 1.91. The van der Waals surface area contributed by atoms with Gasteiger partial charge in [0.05, 0.1) is 10.4 Å². The Bertz CT molecular complexity index is 782. The Morgan fingerprint density at radius 2 is 2.14 bits per heavy atom. The van der Waals surface area contributed by atoms with Gasteiger partial charge in [-0.3, -0.25) is 14.3 Å². The number of rotatable bonds is 3. The quantitative estimate of drug-likeness (QED) is 0.931. The van der Waals surface area contributed by atoms with Crippen molar-refractivity contribution < 1.29 is 9.59 Å². The van der Waals surface area contributed by atoms with Gasteiger partial charge in [-0.1, -0.05) is 0 Å². The molecule has 0 radical (unpaired) electrons. The second kappa shape index (κ2) is 5.99. The third-order valence-corrected chi connectivity index (χ3v) is 4.33. The molecule has 0 bridgehead atoms. The van der Waals surface area contributed by atoms with Gasteiger partial charge in [-0.25, -0.2) is 0 Å². The van der Waals surface area contributed by atoms with Gasteiger partial charge in [-0.05, 0) is 18.6 Å². The predicted octanol–water partition coefficient (Wildman–Crippen LogP) is 1.62. The molecule has 0 atom stereocenters. The van der Waals surface area contributed by atoms with E-state index in [1.807, 2.05) is 6.07 Å². The zero-order valence-corrected chi connectivity index (χ0v) is 13.5. The highest BCUT2D eigenvalue weighted by molar-refractivity contribution is 7.18. The van der Waals surface area contributed by atoms with Crippen LogP contribution in [0.3, 0.4) is 0 Å². The topological polar surface area (TPSA) is 91.0 Å². The Morgan fingerprint density at radius 1 is 1.45 bits per heavy atom. The van der Waals surface area contributed by atoms with Crippen molar-refractivity contribution in [2.75, 3.05) is 19.4 Å². The second-order valence-corrected chi connectivity index (χ2v) is 5.89. The highest BCUT2D eigenvalue weighted by atomic mass is 32.1. The SMILES string of the molecule is Cc1c(C(=O)N(C)C)sc(NC(=O)c2ccnn2C)c1C#N. The average molecular weight is 317 g/mol. The molecule has 8 heteroatoms. The van der Waals surface area contributed by atoms with Crippen LogP contribution < -0.4 is 5.32 Å². The van der Waals surface area contributed by atoms with E-state index in [4.69, 9.17) is 0 Å². The first-order valence-electron chi connectivity index (χ1n) is 6.41. The van der Waals surface area contributed by atoms with Gasteiger partial charge in [0.1, 0.15) is 16.8 Å². The molecule has 2 rings (SSSR count). The number of nitrogens with one attached hydrogen (secondary N) is 1. The van der Waals surface area contributed by atoms with Crippen LogP contribution in [0.1, 0.15) is 31.3 Å². The van der Waals surface area contributed by atoms with Crippen molar-refractivity contribution in [3.63, 3.8) is 0 Å². The van der Waals surface area contributed by atoms with Crippen LogP contribution in [0.15, 0.2) is 12.3 Å². The van der Waals surface area contributed by atoms with E-state index in [0.717, 1.165) is 11.3 Å². The molecule has 0 aliphatic heterocycles. The summed E-state index contributed by atoms with van der Waals surface area (Å²) in [6, 6.07) is 3.62. The van der Waals surface area contributed by atoms with Gasteiger partial charge >= 0.3 is 0 Å². The van der Waals surface area contributed by atoms with E-state index in [9.17, 15) is 14.9 Å². The minimum atomic E-state index is -0.374. The summed E-state index contributed by atoms with van der Waals surface area (Å²) in [5.41, 5.74) is 1.26. The molecule has 0 saturated carbocycles. The van der Waals surface area contributed by atoms with Crippen LogP contribution in [0.25, 0.3) is 0 Å². The molecule has 2 aromatic rings. The fraction of sp³-hybridized carbons (Fsp3) is 0.286. The highest BCUT2D eigenvalue weighted by Gasteiger charge is 2.23. The van der Waals surface area contributed by atoms with Crippen molar-refractivity contribution in [2.24, 2.45) is 7.05 Å². The number of nitrogens with zero attached hydrogens (tertiary/aromatic N) is 4. The fourth-order valence-corrected chi connectivity index (χ4v) is 3.08. The maximum Gasteiger partial charge on any atom is 0.274 e. The van der Waals surface area contributed by atoms with Crippen LogP contribution in [-0.2, 0) is 7.05 Å². The summed E-state index contributed by atoms with van der Waals surface area (Å²) in [6.45, 7) is 1.70. The number of amides is 2. The Labute approximate surface area is 131 Å². The minimum Gasteiger partial charge on any atom is -0.344 e. The van der Waals surface area contributed by atoms with E-state index < -0.39 is 0 Å². The van der Waals surface area contributed by atoms with Crippen molar-refractivity contribution in [3.8, 4) is 6.07 Å². The molecule has 2 aromatic heterocycles. The van der Waals surface area contributed by atoms with Crippen molar-refractivity contribution >= 4 is 28.2 Å². The number of hydrogen-bond donors (Lipinski definition) is 1. The molecular weight excluding hydrogens is 302 g/mol. The lowest BCUT2D eigenvalue weighted by Gasteiger charge is -2.08. The molecule has 0 fully saturated rings. The van der Waals surface area contributed by atoms with Crippen molar-refractivity contribution in [2.45, 2.75) is 6.92 Å². The Hall–Kier alpha value is -2.66. The lowest BCUT2D eigenvalue weighted by atomic mass is 10.1. The molecule has 0 aromatic carbocycles. The van der Waals surface area contributed by atoms with Gasteiger partial charge in [-0.15, -0.1) is 11.3 Å².